The first-order valence-electron chi connectivity index (χ1n) is 8.09. The van der Waals surface area contributed by atoms with Gasteiger partial charge in [0.15, 0.2) is 0 Å². The van der Waals surface area contributed by atoms with Crippen LogP contribution in [-0.2, 0) is 6.54 Å². The number of amides is 1. The Hall–Kier alpha value is -2.26. The van der Waals surface area contributed by atoms with Crippen LogP contribution in [0, 0.1) is 20.8 Å². The molecule has 1 aromatic heterocycles. The summed E-state index contributed by atoms with van der Waals surface area (Å²) in [5.41, 5.74) is 5.86. The van der Waals surface area contributed by atoms with Crippen molar-refractivity contribution < 1.29 is 4.79 Å². The number of hydrogen-bond donors (Lipinski definition) is 1. The van der Waals surface area contributed by atoms with Gasteiger partial charge in [-0.05, 0) is 74.7 Å². The van der Waals surface area contributed by atoms with Crippen molar-refractivity contribution in [2.45, 2.75) is 34.2 Å². The number of carbonyl (C=O) groups excluding carboxylic acids is 1. The highest BCUT2D eigenvalue weighted by Gasteiger charge is 2.20. The fraction of sp³-hybridized carbons (Fsp3) is 0.250. The summed E-state index contributed by atoms with van der Waals surface area (Å²) >= 11 is 6.13. The molecule has 1 heterocycles. The van der Waals surface area contributed by atoms with Crippen molar-refractivity contribution in [3.05, 3.63) is 63.8 Å². The molecule has 0 bridgehead atoms. The Morgan fingerprint density at radius 3 is 2.50 bits per heavy atom. The number of fused-ring (bicyclic) bond motifs is 1. The van der Waals surface area contributed by atoms with Gasteiger partial charge in [-0.3, -0.25) is 4.79 Å². The minimum Gasteiger partial charge on any atom is -0.337 e. The first-order chi connectivity index (χ1) is 11.4. The third-order valence-electron chi connectivity index (χ3n) is 4.57. The van der Waals surface area contributed by atoms with Crippen LogP contribution in [0.15, 0.2) is 36.4 Å². The molecule has 0 unspecified atom stereocenters. The van der Waals surface area contributed by atoms with Crippen molar-refractivity contribution in [1.29, 1.82) is 0 Å². The van der Waals surface area contributed by atoms with Gasteiger partial charge in [-0.25, -0.2) is 0 Å². The van der Waals surface area contributed by atoms with Gasteiger partial charge < -0.3 is 9.88 Å². The molecule has 0 aliphatic heterocycles. The van der Waals surface area contributed by atoms with Crippen LogP contribution in [0.5, 0.6) is 0 Å². The molecule has 0 atom stereocenters. The average molecular weight is 341 g/mol. The predicted molar refractivity (Wildman–Crippen MR) is 101 cm³/mol. The Balaban J connectivity index is 2.06. The van der Waals surface area contributed by atoms with Gasteiger partial charge in [0, 0.05) is 28.2 Å². The molecule has 1 N–H and O–H groups in total. The summed E-state index contributed by atoms with van der Waals surface area (Å²) in [6, 6.07) is 11.7. The van der Waals surface area contributed by atoms with Gasteiger partial charge in [0.05, 0.1) is 0 Å². The number of halogens is 1. The van der Waals surface area contributed by atoms with Gasteiger partial charge in [0.2, 0.25) is 0 Å². The Labute approximate surface area is 147 Å². The molecule has 3 nitrogen and oxygen atoms in total. The Morgan fingerprint density at radius 1 is 1.08 bits per heavy atom. The SMILES string of the molecule is CCn1c(C(=O)Nc2ccc(C)c(C)c2)c(C)c2cc(Cl)ccc21. The maximum atomic E-state index is 12.9. The summed E-state index contributed by atoms with van der Waals surface area (Å²) in [5, 5.41) is 4.73. The highest BCUT2D eigenvalue weighted by atomic mass is 35.5. The van der Waals surface area contributed by atoms with Crippen LogP contribution in [0.4, 0.5) is 5.69 Å². The summed E-state index contributed by atoms with van der Waals surface area (Å²) in [6.45, 7) is 8.84. The van der Waals surface area contributed by atoms with E-state index < -0.39 is 0 Å². The first kappa shape index (κ1) is 16.6. The lowest BCUT2D eigenvalue weighted by atomic mass is 10.1. The van der Waals surface area contributed by atoms with E-state index in [1.54, 1.807) is 0 Å². The smallest absolute Gasteiger partial charge is 0.272 e. The van der Waals surface area contributed by atoms with E-state index in [-0.39, 0.29) is 5.91 Å². The summed E-state index contributed by atoms with van der Waals surface area (Å²) in [4.78, 5) is 12.9. The zero-order valence-corrected chi connectivity index (χ0v) is 15.2. The minimum absolute atomic E-state index is 0.0927. The number of nitrogens with one attached hydrogen (secondary N) is 1. The summed E-state index contributed by atoms with van der Waals surface area (Å²) in [5.74, 6) is -0.0927. The van der Waals surface area contributed by atoms with Gasteiger partial charge in [-0.1, -0.05) is 17.7 Å². The molecule has 124 valence electrons. The predicted octanol–water partition coefficient (Wildman–Crippen LogP) is 5.49. The molecular formula is C20H21ClN2O. The zero-order valence-electron chi connectivity index (χ0n) is 14.4. The summed E-state index contributed by atoms with van der Waals surface area (Å²) in [6.07, 6.45) is 0. The second-order valence-electron chi connectivity index (χ2n) is 6.13. The molecule has 24 heavy (non-hydrogen) atoms. The average Bonchev–Trinajstić information content (AvgIpc) is 2.83. The maximum absolute atomic E-state index is 12.9. The van der Waals surface area contributed by atoms with Gasteiger partial charge in [0.25, 0.3) is 5.91 Å². The van der Waals surface area contributed by atoms with Gasteiger partial charge in [-0.15, -0.1) is 0 Å². The number of benzene rings is 2. The molecule has 0 aliphatic rings. The fourth-order valence-corrected chi connectivity index (χ4v) is 3.30. The number of rotatable bonds is 3. The van der Waals surface area contributed by atoms with Crippen LogP contribution in [-0.4, -0.2) is 10.5 Å². The molecule has 0 fully saturated rings. The number of hydrogen-bond acceptors (Lipinski definition) is 1. The van der Waals surface area contributed by atoms with Crippen LogP contribution >= 0.6 is 11.6 Å². The topological polar surface area (TPSA) is 34.0 Å². The molecule has 0 saturated carbocycles. The van der Waals surface area contributed by atoms with Crippen LogP contribution in [0.1, 0.15) is 34.1 Å². The Kier molecular flexibility index (Phi) is 4.37. The second kappa shape index (κ2) is 6.33. The zero-order chi connectivity index (χ0) is 17.4. The lowest BCUT2D eigenvalue weighted by Crippen LogP contribution is -2.18. The molecule has 2 aromatic carbocycles. The highest BCUT2D eigenvalue weighted by Crippen LogP contribution is 2.29. The normalized spacial score (nSPS) is 11.0. The van der Waals surface area contributed by atoms with Crippen molar-refractivity contribution in [2.75, 3.05) is 5.32 Å². The number of nitrogens with zero attached hydrogens (tertiary/aromatic N) is 1. The van der Waals surface area contributed by atoms with Crippen LogP contribution < -0.4 is 5.32 Å². The molecule has 3 rings (SSSR count). The van der Waals surface area contributed by atoms with E-state index in [1.807, 2.05) is 61.7 Å². The quantitative estimate of drug-likeness (QED) is 0.671. The van der Waals surface area contributed by atoms with Crippen molar-refractivity contribution in [3.8, 4) is 0 Å². The number of aryl methyl sites for hydroxylation is 4. The van der Waals surface area contributed by atoms with E-state index in [0.717, 1.165) is 34.3 Å². The Bertz CT molecular complexity index is 940. The second-order valence-corrected chi connectivity index (χ2v) is 6.57. The maximum Gasteiger partial charge on any atom is 0.272 e. The first-order valence-corrected chi connectivity index (χ1v) is 8.47. The van der Waals surface area contributed by atoms with E-state index in [1.165, 1.54) is 5.56 Å². The van der Waals surface area contributed by atoms with Crippen molar-refractivity contribution in [2.24, 2.45) is 0 Å². The number of anilines is 1. The lowest BCUT2D eigenvalue weighted by molar-refractivity contribution is 0.101. The van der Waals surface area contributed by atoms with Gasteiger partial charge >= 0.3 is 0 Å². The molecule has 0 radical (unpaired) electrons. The molecule has 3 aromatic rings. The molecule has 0 spiro atoms. The van der Waals surface area contributed by atoms with E-state index in [2.05, 4.69) is 12.2 Å². The van der Waals surface area contributed by atoms with E-state index >= 15 is 0 Å². The summed E-state index contributed by atoms with van der Waals surface area (Å²) < 4.78 is 2.04. The molecule has 4 heteroatoms. The van der Waals surface area contributed by atoms with Gasteiger partial charge in [0.1, 0.15) is 5.69 Å². The van der Waals surface area contributed by atoms with E-state index in [0.29, 0.717) is 10.7 Å². The molecule has 1 amide bonds. The van der Waals surface area contributed by atoms with E-state index in [4.69, 9.17) is 11.6 Å². The van der Waals surface area contributed by atoms with E-state index in [9.17, 15) is 4.79 Å². The number of carbonyl (C=O) groups is 1. The van der Waals surface area contributed by atoms with Crippen molar-refractivity contribution in [3.63, 3.8) is 0 Å². The highest BCUT2D eigenvalue weighted by molar-refractivity contribution is 6.31. The summed E-state index contributed by atoms with van der Waals surface area (Å²) in [7, 11) is 0. The van der Waals surface area contributed by atoms with Crippen LogP contribution in [0.2, 0.25) is 5.02 Å². The minimum atomic E-state index is -0.0927. The molecular weight excluding hydrogens is 320 g/mol. The lowest BCUT2D eigenvalue weighted by Gasteiger charge is -2.11. The third kappa shape index (κ3) is 2.80. The number of aromatic nitrogens is 1. The van der Waals surface area contributed by atoms with Crippen LogP contribution in [0.25, 0.3) is 10.9 Å². The van der Waals surface area contributed by atoms with Gasteiger partial charge in [-0.2, -0.15) is 0 Å². The monoisotopic (exact) mass is 340 g/mol. The fourth-order valence-electron chi connectivity index (χ4n) is 3.13. The van der Waals surface area contributed by atoms with Crippen molar-refractivity contribution >= 4 is 34.1 Å². The van der Waals surface area contributed by atoms with Crippen molar-refractivity contribution in [1.82, 2.24) is 4.57 Å². The van der Waals surface area contributed by atoms with Crippen LogP contribution in [0.3, 0.4) is 0 Å². The molecule has 0 aliphatic carbocycles. The Morgan fingerprint density at radius 2 is 1.83 bits per heavy atom. The molecule has 0 saturated heterocycles. The largest absolute Gasteiger partial charge is 0.337 e. The standard InChI is InChI=1S/C20H21ClN2O/c1-5-23-18-9-7-15(21)11-17(18)14(4)19(23)20(24)22-16-8-6-12(2)13(3)10-16/h6-11H,5H2,1-4H3,(H,22,24). The third-order valence-corrected chi connectivity index (χ3v) is 4.81.